The molecule has 0 amide bonds. The molecule has 0 aliphatic carbocycles. The van der Waals surface area contributed by atoms with E-state index in [0.29, 0.717) is 0 Å². The lowest BCUT2D eigenvalue weighted by Gasteiger charge is -1.90. The van der Waals surface area contributed by atoms with E-state index in [2.05, 4.69) is 0 Å². The van der Waals surface area contributed by atoms with Gasteiger partial charge in [-0.1, -0.05) is 95.2 Å². The molecule has 28 heavy (non-hydrogen) atoms. The molecule has 0 aromatic carbocycles. The Morgan fingerprint density at radius 1 is 0.464 bits per heavy atom. The van der Waals surface area contributed by atoms with Crippen LogP contribution in [0.2, 0.25) is 0 Å². The molecule has 0 saturated carbocycles. The zero-order chi connectivity index (χ0) is 21.4. The van der Waals surface area contributed by atoms with Crippen LogP contribution in [0.15, 0.2) is 107 Å². The van der Waals surface area contributed by atoms with Crippen molar-refractivity contribution in [3.63, 3.8) is 0 Å². The van der Waals surface area contributed by atoms with E-state index in [9.17, 15) is 9.59 Å². The second-order valence-electron chi connectivity index (χ2n) is 6.09. The largest absolute Gasteiger partial charge is 0.478 e. The number of carbonyl (C=O) groups is 2. The van der Waals surface area contributed by atoms with E-state index in [1.807, 2.05) is 88.5 Å². The molecule has 4 heteroatoms. The van der Waals surface area contributed by atoms with Crippen molar-refractivity contribution in [3.05, 3.63) is 107 Å². The van der Waals surface area contributed by atoms with E-state index >= 15 is 0 Å². The molecule has 0 radical (unpaired) electrons. The topological polar surface area (TPSA) is 74.6 Å². The average molecular weight is 380 g/mol. The normalized spacial score (nSPS) is 15.1. The Hall–Kier alpha value is -3.40. The molecule has 0 saturated heterocycles. The molecular formula is C24H28O4. The highest BCUT2D eigenvalue weighted by molar-refractivity contribution is 5.80. The summed E-state index contributed by atoms with van der Waals surface area (Å²) in [5, 5.41) is 17.1. The Kier molecular flexibility index (Phi) is 12.9. The molecule has 0 fully saturated rings. The van der Waals surface area contributed by atoms with E-state index < -0.39 is 11.9 Å². The van der Waals surface area contributed by atoms with Gasteiger partial charge in [0.2, 0.25) is 0 Å². The van der Waals surface area contributed by atoms with Crippen molar-refractivity contribution < 1.29 is 19.8 Å². The second kappa shape index (κ2) is 14.7. The fraction of sp³-hybridized carbons (Fsp3) is 0.167. The summed E-state index contributed by atoms with van der Waals surface area (Å²) < 4.78 is 0. The Bertz CT molecular complexity index is 740. The van der Waals surface area contributed by atoms with Gasteiger partial charge in [0.05, 0.1) is 0 Å². The van der Waals surface area contributed by atoms with Gasteiger partial charge in [0.15, 0.2) is 0 Å². The first-order chi connectivity index (χ1) is 13.2. The van der Waals surface area contributed by atoms with Crippen LogP contribution in [0.1, 0.15) is 27.7 Å². The van der Waals surface area contributed by atoms with Crippen LogP contribution >= 0.6 is 0 Å². The first kappa shape index (κ1) is 24.6. The van der Waals surface area contributed by atoms with Gasteiger partial charge in [-0.15, -0.1) is 0 Å². The zero-order valence-corrected chi connectivity index (χ0v) is 16.8. The van der Waals surface area contributed by atoms with Gasteiger partial charge in [0, 0.05) is 12.2 Å². The lowest BCUT2D eigenvalue weighted by Crippen LogP contribution is -1.85. The molecule has 0 aromatic heterocycles. The monoisotopic (exact) mass is 380 g/mol. The Morgan fingerprint density at radius 2 is 0.750 bits per heavy atom. The molecule has 2 N–H and O–H groups in total. The van der Waals surface area contributed by atoms with Crippen LogP contribution in [-0.2, 0) is 9.59 Å². The molecule has 0 aliphatic rings. The number of carboxylic acid groups (broad SMARTS) is 2. The van der Waals surface area contributed by atoms with Gasteiger partial charge < -0.3 is 10.2 Å². The molecule has 0 rings (SSSR count). The Morgan fingerprint density at radius 3 is 1.07 bits per heavy atom. The van der Waals surface area contributed by atoms with E-state index in [0.717, 1.165) is 34.4 Å². The average Bonchev–Trinajstić information content (AvgIpc) is 2.61. The molecule has 4 nitrogen and oxygen atoms in total. The first-order valence-electron chi connectivity index (χ1n) is 8.74. The number of aliphatic carboxylic acids is 2. The molecule has 0 spiro atoms. The molecular weight excluding hydrogens is 352 g/mol. The second-order valence-corrected chi connectivity index (χ2v) is 6.09. The highest BCUT2D eigenvalue weighted by atomic mass is 16.4. The minimum Gasteiger partial charge on any atom is -0.478 e. The fourth-order valence-electron chi connectivity index (χ4n) is 1.75. The Balaban J connectivity index is 4.66. The quantitative estimate of drug-likeness (QED) is 0.375. The van der Waals surface area contributed by atoms with E-state index in [1.165, 1.54) is 0 Å². The molecule has 0 aromatic rings. The highest BCUT2D eigenvalue weighted by Crippen LogP contribution is 2.02. The number of carboxylic acids is 2. The number of allylic oxidation sites excluding steroid dienone is 16. The fourth-order valence-corrected chi connectivity index (χ4v) is 1.75. The lowest BCUT2D eigenvalue weighted by molar-refractivity contribution is -0.132. The zero-order valence-electron chi connectivity index (χ0n) is 16.8. The molecule has 0 heterocycles. The van der Waals surface area contributed by atoms with E-state index in [1.54, 1.807) is 12.2 Å². The molecule has 0 atom stereocenters. The summed E-state index contributed by atoms with van der Waals surface area (Å²) in [5.41, 5.74) is 3.84. The molecule has 148 valence electrons. The lowest BCUT2D eigenvalue weighted by atomic mass is 10.2. The summed E-state index contributed by atoms with van der Waals surface area (Å²) in [6.07, 6.45) is 24.5. The van der Waals surface area contributed by atoms with Crippen molar-refractivity contribution >= 4 is 11.9 Å². The van der Waals surface area contributed by atoms with Gasteiger partial charge in [-0.2, -0.15) is 0 Å². The summed E-state index contributed by atoms with van der Waals surface area (Å²) in [5.74, 6) is -1.92. The van der Waals surface area contributed by atoms with Crippen molar-refractivity contribution in [1.82, 2.24) is 0 Å². The first-order valence-corrected chi connectivity index (χ1v) is 8.74. The highest BCUT2D eigenvalue weighted by Gasteiger charge is 1.86. The maximum absolute atomic E-state index is 10.4. The van der Waals surface area contributed by atoms with Gasteiger partial charge in [0.25, 0.3) is 0 Å². The minimum atomic E-state index is -0.961. The van der Waals surface area contributed by atoms with Crippen molar-refractivity contribution in [2.75, 3.05) is 0 Å². The number of hydrogen-bond acceptors (Lipinski definition) is 2. The molecule has 0 bridgehead atoms. The third-order valence-corrected chi connectivity index (χ3v) is 3.24. The van der Waals surface area contributed by atoms with Crippen LogP contribution in [0, 0.1) is 0 Å². The summed E-state index contributed by atoms with van der Waals surface area (Å²) in [7, 11) is 0. The smallest absolute Gasteiger partial charge is 0.328 e. The summed E-state index contributed by atoms with van der Waals surface area (Å²) in [6, 6.07) is 0. The summed E-state index contributed by atoms with van der Waals surface area (Å²) in [6.45, 7) is 7.63. The van der Waals surface area contributed by atoms with E-state index in [-0.39, 0.29) is 0 Å². The van der Waals surface area contributed by atoms with Gasteiger partial charge in [-0.25, -0.2) is 9.59 Å². The standard InChI is InChI=1S/C24H28O4/c1-19(11-7-13-21(3)15-17-23(25)26)9-5-6-10-20(2)12-8-14-22(4)16-18-24(27)28/h5-18H,1-4H3,(H,25,26)(H,27,28)/b6-5+,11-7+,12-8+,17-15+,18-16+,19-9+,20-10+,21-13-,22-14+. The van der Waals surface area contributed by atoms with Crippen LogP contribution < -0.4 is 0 Å². The van der Waals surface area contributed by atoms with Crippen LogP contribution in [0.4, 0.5) is 0 Å². The molecule has 0 aliphatic heterocycles. The van der Waals surface area contributed by atoms with Crippen molar-refractivity contribution in [2.24, 2.45) is 0 Å². The van der Waals surface area contributed by atoms with Gasteiger partial charge in [-0.3, -0.25) is 0 Å². The SMILES string of the molecule is CC(=C/C=C/C(C)=C/C=C/C=C(C)/C=C/C=C(C)/C=C/C(=O)O)/C=C/C(=O)O. The number of rotatable bonds is 10. The third kappa shape index (κ3) is 16.1. The minimum absolute atomic E-state index is 0.857. The Labute approximate surface area is 167 Å². The maximum atomic E-state index is 10.4. The number of hydrogen-bond donors (Lipinski definition) is 2. The van der Waals surface area contributed by atoms with Crippen molar-refractivity contribution in [1.29, 1.82) is 0 Å². The van der Waals surface area contributed by atoms with Crippen LogP contribution in [0.5, 0.6) is 0 Å². The van der Waals surface area contributed by atoms with Gasteiger partial charge in [0.1, 0.15) is 0 Å². The van der Waals surface area contributed by atoms with Crippen molar-refractivity contribution in [2.45, 2.75) is 27.7 Å². The van der Waals surface area contributed by atoms with E-state index in [4.69, 9.17) is 10.2 Å². The maximum Gasteiger partial charge on any atom is 0.328 e. The summed E-state index contributed by atoms with van der Waals surface area (Å²) >= 11 is 0. The predicted octanol–water partition coefficient (Wildman–Crippen LogP) is 5.72. The predicted molar refractivity (Wildman–Crippen MR) is 116 cm³/mol. The van der Waals surface area contributed by atoms with Crippen molar-refractivity contribution in [3.8, 4) is 0 Å². The van der Waals surface area contributed by atoms with Crippen LogP contribution in [-0.4, -0.2) is 22.2 Å². The van der Waals surface area contributed by atoms with Crippen LogP contribution in [0.3, 0.4) is 0 Å². The molecule has 0 unspecified atom stereocenters. The van der Waals surface area contributed by atoms with Gasteiger partial charge >= 0.3 is 11.9 Å². The third-order valence-electron chi connectivity index (χ3n) is 3.24. The van der Waals surface area contributed by atoms with Crippen LogP contribution in [0.25, 0.3) is 0 Å². The summed E-state index contributed by atoms with van der Waals surface area (Å²) in [4.78, 5) is 20.9. The van der Waals surface area contributed by atoms with Gasteiger partial charge in [-0.05, 0) is 27.7 Å².